The number of piperidine rings is 1. The van der Waals surface area contributed by atoms with Gasteiger partial charge in [-0.25, -0.2) is 4.39 Å². The van der Waals surface area contributed by atoms with Crippen LogP contribution in [0.25, 0.3) is 0 Å². The first-order valence-corrected chi connectivity index (χ1v) is 7.42. The lowest BCUT2D eigenvalue weighted by molar-refractivity contribution is 0.177. The highest BCUT2D eigenvalue weighted by Crippen LogP contribution is 2.24. The summed E-state index contributed by atoms with van der Waals surface area (Å²) in [7, 11) is 0. The molecule has 1 aromatic carbocycles. The van der Waals surface area contributed by atoms with E-state index in [0.717, 1.165) is 18.4 Å². The molecule has 0 aromatic heterocycles. The third-order valence-corrected chi connectivity index (χ3v) is 4.53. The van der Waals surface area contributed by atoms with Gasteiger partial charge in [0.1, 0.15) is 5.82 Å². The number of nitrogens with zero attached hydrogens (tertiary/aromatic N) is 1. The fourth-order valence-electron chi connectivity index (χ4n) is 2.33. The predicted molar refractivity (Wildman–Crippen MR) is 73.2 cm³/mol. The van der Waals surface area contributed by atoms with E-state index >= 15 is 0 Å². The first-order chi connectivity index (χ1) is 8.20. The van der Waals surface area contributed by atoms with Crippen molar-refractivity contribution in [2.75, 3.05) is 18.4 Å². The van der Waals surface area contributed by atoms with Gasteiger partial charge in [-0.15, -0.1) is 0 Å². The van der Waals surface area contributed by atoms with Crippen molar-refractivity contribution in [3.8, 4) is 0 Å². The van der Waals surface area contributed by atoms with Gasteiger partial charge in [-0.1, -0.05) is 33.6 Å². The summed E-state index contributed by atoms with van der Waals surface area (Å²) < 4.78 is 13.7. The molecule has 0 saturated carbocycles. The van der Waals surface area contributed by atoms with E-state index in [0.29, 0.717) is 23.0 Å². The molecule has 0 bridgehead atoms. The maximum absolute atomic E-state index is 13.7. The van der Waals surface area contributed by atoms with Crippen LogP contribution in [0.1, 0.15) is 18.4 Å². The molecule has 0 N–H and O–H groups in total. The van der Waals surface area contributed by atoms with Crippen molar-refractivity contribution in [1.29, 1.82) is 0 Å². The Morgan fingerprint density at radius 1 is 1.47 bits per heavy atom. The van der Waals surface area contributed by atoms with E-state index in [-0.39, 0.29) is 5.82 Å². The average Bonchev–Trinajstić information content (AvgIpc) is 2.34. The summed E-state index contributed by atoms with van der Waals surface area (Å²) in [5.41, 5.74) is 0.629. The smallest absolute Gasteiger partial charge is 0.129 e. The molecule has 1 atom stereocenters. The van der Waals surface area contributed by atoms with Gasteiger partial charge in [-0.3, -0.25) is 4.90 Å². The van der Waals surface area contributed by atoms with Crippen LogP contribution in [-0.4, -0.2) is 23.3 Å². The molecule has 1 unspecified atom stereocenters. The van der Waals surface area contributed by atoms with Gasteiger partial charge in [-0.2, -0.15) is 0 Å². The van der Waals surface area contributed by atoms with Crippen molar-refractivity contribution in [3.05, 3.63) is 34.6 Å². The van der Waals surface area contributed by atoms with Gasteiger partial charge in [0.2, 0.25) is 0 Å². The van der Waals surface area contributed by atoms with Crippen molar-refractivity contribution in [2.45, 2.75) is 19.4 Å². The molecule has 94 valence electrons. The largest absolute Gasteiger partial charge is 0.299 e. The molecule has 1 heterocycles. The van der Waals surface area contributed by atoms with Crippen LogP contribution in [0.3, 0.4) is 0 Å². The highest BCUT2D eigenvalue weighted by atomic mass is 79.9. The Bertz CT molecular complexity index is 365. The molecule has 4 heteroatoms. The molecule has 0 radical (unpaired) electrons. The third kappa shape index (κ3) is 3.43. The number of hydrogen-bond donors (Lipinski definition) is 0. The van der Waals surface area contributed by atoms with E-state index in [1.807, 2.05) is 0 Å². The van der Waals surface area contributed by atoms with Crippen molar-refractivity contribution < 1.29 is 4.39 Å². The minimum Gasteiger partial charge on any atom is -0.299 e. The van der Waals surface area contributed by atoms with Crippen LogP contribution in [0, 0.1) is 11.7 Å². The molecule has 1 nitrogen and oxygen atoms in total. The topological polar surface area (TPSA) is 3.24 Å². The van der Waals surface area contributed by atoms with Gasteiger partial charge in [0.25, 0.3) is 0 Å². The second-order valence-corrected chi connectivity index (χ2v) is 5.65. The number of benzene rings is 1. The van der Waals surface area contributed by atoms with Crippen LogP contribution in [0.2, 0.25) is 5.02 Å². The van der Waals surface area contributed by atoms with Gasteiger partial charge in [0.15, 0.2) is 0 Å². The zero-order valence-electron chi connectivity index (χ0n) is 9.63. The Balaban J connectivity index is 2.05. The summed E-state index contributed by atoms with van der Waals surface area (Å²) in [4.78, 5) is 2.29. The van der Waals surface area contributed by atoms with Gasteiger partial charge in [0, 0.05) is 29.0 Å². The number of hydrogen-bond acceptors (Lipinski definition) is 1. The highest BCUT2D eigenvalue weighted by molar-refractivity contribution is 9.09. The second kappa shape index (κ2) is 6.17. The van der Waals surface area contributed by atoms with E-state index in [2.05, 4.69) is 20.8 Å². The number of alkyl halides is 1. The summed E-state index contributed by atoms with van der Waals surface area (Å²) in [5, 5.41) is 1.56. The van der Waals surface area contributed by atoms with E-state index < -0.39 is 0 Å². The number of halogens is 3. The molecule has 0 amide bonds. The first kappa shape index (κ1) is 13.3. The third-order valence-electron chi connectivity index (χ3n) is 3.26. The van der Waals surface area contributed by atoms with Crippen LogP contribution in [0.4, 0.5) is 4.39 Å². The van der Waals surface area contributed by atoms with E-state index in [1.165, 1.54) is 18.9 Å². The molecule has 0 aliphatic carbocycles. The Morgan fingerprint density at radius 2 is 2.29 bits per heavy atom. The first-order valence-electron chi connectivity index (χ1n) is 5.92. The quantitative estimate of drug-likeness (QED) is 0.758. The molecule has 1 fully saturated rings. The Labute approximate surface area is 115 Å². The van der Waals surface area contributed by atoms with Crippen molar-refractivity contribution in [1.82, 2.24) is 4.90 Å². The molecule has 1 saturated heterocycles. The van der Waals surface area contributed by atoms with Crippen molar-refractivity contribution in [2.24, 2.45) is 5.92 Å². The van der Waals surface area contributed by atoms with E-state index in [9.17, 15) is 4.39 Å². The minimum atomic E-state index is -0.196. The minimum absolute atomic E-state index is 0.196. The zero-order valence-corrected chi connectivity index (χ0v) is 12.0. The van der Waals surface area contributed by atoms with Crippen LogP contribution in [-0.2, 0) is 6.54 Å². The van der Waals surface area contributed by atoms with Crippen LogP contribution >= 0.6 is 27.5 Å². The lowest BCUT2D eigenvalue weighted by Gasteiger charge is -2.32. The molecular formula is C13H16BrClFN. The Kier molecular flexibility index (Phi) is 4.83. The second-order valence-electron chi connectivity index (χ2n) is 4.60. The van der Waals surface area contributed by atoms with E-state index in [4.69, 9.17) is 11.6 Å². The lowest BCUT2D eigenvalue weighted by Crippen LogP contribution is -2.35. The molecule has 2 rings (SSSR count). The monoisotopic (exact) mass is 319 g/mol. The van der Waals surface area contributed by atoms with Crippen molar-refractivity contribution in [3.63, 3.8) is 0 Å². The maximum Gasteiger partial charge on any atom is 0.129 e. The van der Waals surface area contributed by atoms with Crippen LogP contribution in [0.5, 0.6) is 0 Å². The van der Waals surface area contributed by atoms with Crippen LogP contribution in [0.15, 0.2) is 18.2 Å². The maximum atomic E-state index is 13.7. The molecular weight excluding hydrogens is 305 g/mol. The highest BCUT2D eigenvalue weighted by Gasteiger charge is 2.20. The molecule has 1 aliphatic rings. The van der Waals surface area contributed by atoms with Gasteiger partial charge in [-0.05, 0) is 37.4 Å². The average molecular weight is 321 g/mol. The van der Waals surface area contributed by atoms with Gasteiger partial charge in [0.05, 0.1) is 0 Å². The standard InChI is InChI=1S/C13H16BrClFN/c14-7-10-3-2-6-17(8-10)9-11-12(15)4-1-5-13(11)16/h1,4-5,10H,2-3,6-9H2. The molecule has 1 aromatic rings. The lowest BCUT2D eigenvalue weighted by atomic mass is 9.99. The predicted octanol–water partition coefficient (Wildman–Crippen LogP) is 4.09. The van der Waals surface area contributed by atoms with Crippen molar-refractivity contribution >= 4 is 27.5 Å². The SMILES string of the molecule is Fc1cccc(Cl)c1CN1CCCC(CBr)C1. The fraction of sp³-hybridized carbons (Fsp3) is 0.538. The summed E-state index contributed by atoms with van der Waals surface area (Å²) in [5.74, 6) is 0.479. The Morgan fingerprint density at radius 3 is 3.00 bits per heavy atom. The molecule has 1 aliphatic heterocycles. The summed E-state index contributed by atoms with van der Waals surface area (Å²) in [6, 6.07) is 4.89. The number of rotatable bonds is 3. The van der Waals surface area contributed by atoms with Gasteiger partial charge < -0.3 is 0 Å². The normalized spacial score (nSPS) is 21.7. The summed E-state index contributed by atoms with van der Waals surface area (Å²) in [6.45, 7) is 2.68. The number of likely N-dealkylation sites (tertiary alicyclic amines) is 1. The fourth-order valence-corrected chi connectivity index (χ4v) is 3.08. The Hall–Kier alpha value is -0.120. The molecule has 17 heavy (non-hydrogen) atoms. The van der Waals surface area contributed by atoms with Crippen LogP contribution < -0.4 is 0 Å². The summed E-state index contributed by atoms with van der Waals surface area (Å²) in [6.07, 6.45) is 2.44. The van der Waals surface area contributed by atoms with E-state index in [1.54, 1.807) is 12.1 Å². The van der Waals surface area contributed by atoms with Gasteiger partial charge >= 0.3 is 0 Å². The molecule has 0 spiro atoms. The summed E-state index contributed by atoms with van der Waals surface area (Å²) >= 11 is 9.57. The zero-order chi connectivity index (χ0) is 12.3.